The Bertz CT molecular complexity index is 749. The highest BCUT2D eigenvalue weighted by Gasteiger charge is 2.26. The van der Waals surface area contributed by atoms with E-state index in [1.807, 2.05) is 6.92 Å². The maximum absolute atomic E-state index is 13.1. The summed E-state index contributed by atoms with van der Waals surface area (Å²) in [6, 6.07) is 9.25. The van der Waals surface area contributed by atoms with Crippen molar-refractivity contribution < 1.29 is 18.7 Å². The summed E-state index contributed by atoms with van der Waals surface area (Å²) in [4.78, 5) is 18.5. The molecule has 1 aliphatic heterocycles. The molecule has 2 aromatic rings. The minimum Gasteiger partial charge on any atom is -0.484 e. The van der Waals surface area contributed by atoms with Gasteiger partial charge >= 0.3 is 0 Å². The second-order valence-corrected chi connectivity index (χ2v) is 5.91. The van der Waals surface area contributed by atoms with Crippen molar-refractivity contribution in [3.63, 3.8) is 0 Å². The quantitative estimate of drug-likeness (QED) is 0.918. The van der Waals surface area contributed by atoms with E-state index in [2.05, 4.69) is 4.98 Å². The molecule has 1 atom stereocenters. The van der Waals surface area contributed by atoms with E-state index in [-0.39, 0.29) is 18.6 Å². The summed E-state index contributed by atoms with van der Waals surface area (Å²) in [5, 5.41) is 0. The third-order valence-electron chi connectivity index (χ3n) is 3.90. The first-order valence-electron chi connectivity index (χ1n) is 8.03. The van der Waals surface area contributed by atoms with E-state index < -0.39 is 5.82 Å². The van der Waals surface area contributed by atoms with E-state index in [1.54, 1.807) is 23.1 Å². The zero-order chi connectivity index (χ0) is 17.8. The smallest absolute Gasteiger partial charge is 0.260 e. The molecule has 1 saturated heterocycles. The Morgan fingerprint density at radius 2 is 2.28 bits per heavy atom. The van der Waals surface area contributed by atoms with Crippen LogP contribution in [0.15, 0.2) is 36.4 Å². The van der Waals surface area contributed by atoms with Gasteiger partial charge in [-0.15, -0.1) is 0 Å². The van der Waals surface area contributed by atoms with Gasteiger partial charge in [-0.3, -0.25) is 9.78 Å². The monoisotopic (exact) mass is 345 g/mol. The number of rotatable bonds is 4. The van der Waals surface area contributed by atoms with Gasteiger partial charge in [-0.05, 0) is 31.2 Å². The number of nitrogens with zero attached hydrogens (tertiary/aromatic N) is 2. The molecule has 3 rings (SSSR count). The van der Waals surface area contributed by atoms with E-state index >= 15 is 0 Å². The Balaban J connectivity index is 1.61. The Morgan fingerprint density at radius 3 is 3.04 bits per heavy atom. The standard InChI is InChI=1S/C18H20FN3O3/c1-12-7-14(20)9-16(21-12)17-10-22(5-6-24-17)18(23)11-25-15-4-2-3-13(19)8-15/h2-4,7-9,17H,5-6,10-11H2,1H3,(H2,20,21). The molecule has 1 unspecified atom stereocenters. The van der Waals surface area contributed by atoms with Crippen LogP contribution >= 0.6 is 0 Å². The number of morpholine rings is 1. The number of aromatic nitrogens is 1. The second-order valence-electron chi connectivity index (χ2n) is 5.91. The zero-order valence-corrected chi connectivity index (χ0v) is 13.9. The van der Waals surface area contributed by atoms with E-state index in [1.165, 1.54) is 18.2 Å². The lowest BCUT2D eigenvalue weighted by molar-refractivity contribution is -0.141. The minimum absolute atomic E-state index is 0.153. The van der Waals surface area contributed by atoms with Crippen molar-refractivity contribution >= 4 is 11.6 Å². The molecule has 0 spiro atoms. The number of carbonyl (C=O) groups excluding carboxylic acids is 1. The average Bonchev–Trinajstić information content (AvgIpc) is 2.59. The zero-order valence-electron chi connectivity index (χ0n) is 13.9. The first kappa shape index (κ1) is 17.2. The van der Waals surface area contributed by atoms with Crippen LogP contribution in [0.4, 0.5) is 10.1 Å². The van der Waals surface area contributed by atoms with Crippen LogP contribution < -0.4 is 10.5 Å². The normalized spacial score (nSPS) is 17.4. The number of ether oxygens (including phenoxy) is 2. The molecule has 0 bridgehead atoms. The van der Waals surface area contributed by atoms with Crippen molar-refractivity contribution in [2.24, 2.45) is 0 Å². The highest BCUT2D eigenvalue weighted by atomic mass is 19.1. The van der Waals surface area contributed by atoms with E-state index in [9.17, 15) is 9.18 Å². The first-order chi connectivity index (χ1) is 12.0. The Labute approximate surface area is 145 Å². The van der Waals surface area contributed by atoms with Gasteiger partial charge in [0.15, 0.2) is 6.61 Å². The van der Waals surface area contributed by atoms with Crippen LogP contribution in [0.5, 0.6) is 5.75 Å². The van der Waals surface area contributed by atoms with Crippen LogP contribution in [0.2, 0.25) is 0 Å². The van der Waals surface area contributed by atoms with Gasteiger partial charge in [0.2, 0.25) is 0 Å². The number of anilines is 1. The summed E-state index contributed by atoms with van der Waals surface area (Å²) < 4.78 is 24.2. The topological polar surface area (TPSA) is 77.7 Å². The van der Waals surface area contributed by atoms with Crippen molar-refractivity contribution in [2.75, 3.05) is 32.0 Å². The van der Waals surface area contributed by atoms with Crippen LogP contribution in [-0.2, 0) is 9.53 Å². The molecule has 0 aliphatic carbocycles. The number of carbonyl (C=O) groups is 1. The fourth-order valence-corrected chi connectivity index (χ4v) is 2.73. The molecule has 2 N–H and O–H groups in total. The third-order valence-corrected chi connectivity index (χ3v) is 3.90. The van der Waals surface area contributed by atoms with Gasteiger partial charge in [0.1, 0.15) is 17.7 Å². The Kier molecular flexibility index (Phi) is 5.14. The molecule has 0 radical (unpaired) electrons. The largest absolute Gasteiger partial charge is 0.484 e. The van der Waals surface area contributed by atoms with Crippen molar-refractivity contribution in [2.45, 2.75) is 13.0 Å². The molecule has 1 aromatic carbocycles. The summed E-state index contributed by atoms with van der Waals surface area (Å²) in [7, 11) is 0. The fourth-order valence-electron chi connectivity index (χ4n) is 2.73. The van der Waals surface area contributed by atoms with Crippen molar-refractivity contribution in [3.8, 4) is 5.75 Å². The molecular formula is C18H20FN3O3. The van der Waals surface area contributed by atoms with E-state index in [0.717, 1.165) is 5.69 Å². The molecule has 0 saturated carbocycles. The molecule has 1 aliphatic rings. The number of hydrogen-bond acceptors (Lipinski definition) is 5. The van der Waals surface area contributed by atoms with Gasteiger partial charge in [0, 0.05) is 24.0 Å². The van der Waals surface area contributed by atoms with Crippen LogP contribution in [0.25, 0.3) is 0 Å². The molecule has 1 amide bonds. The van der Waals surface area contributed by atoms with Gasteiger partial charge in [0.25, 0.3) is 5.91 Å². The number of pyridine rings is 1. The lowest BCUT2D eigenvalue weighted by Gasteiger charge is -2.32. The van der Waals surface area contributed by atoms with Gasteiger partial charge in [-0.25, -0.2) is 4.39 Å². The van der Waals surface area contributed by atoms with Crippen LogP contribution in [0.1, 0.15) is 17.5 Å². The van der Waals surface area contributed by atoms with Gasteiger partial charge in [-0.2, -0.15) is 0 Å². The van der Waals surface area contributed by atoms with Crippen molar-refractivity contribution in [3.05, 3.63) is 53.6 Å². The fraction of sp³-hybridized carbons (Fsp3) is 0.333. The van der Waals surface area contributed by atoms with Crippen LogP contribution in [-0.4, -0.2) is 42.1 Å². The molecule has 1 aromatic heterocycles. The molecule has 7 heteroatoms. The summed E-state index contributed by atoms with van der Waals surface area (Å²) in [5.41, 5.74) is 7.98. The molecule has 1 fully saturated rings. The molecule has 2 heterocycles. The third kappa shape index (κ3) is 4.45. The highest BCUT2D eigenvalue weighted by molar-refractivity contribution is 5.78. The highest BCUT2D eigenvalue weighted by Crippen LogP contribution is 2.23. The molecular weight excluding hydrogens is 325 g/mol. The van der Waals surface area contributed by atoms with Crippen molar-refractivity contribution in [1.29, 1.82) is 0 Å². The van der Waals surface area contributed by atoms with E-state index in [0.29, 0.717) is 36.8 Å². The number of hydrogen-bond donors (Lipinski definition) is 1. The Morgan fingerprint density at radius 1 is 1.44 bits per heavy atom. The van der Waals surface area contributed by atoms with Gasteiger partial charge in [0.05, 0.1) is 18.8 Å². The number of amides is 1. The Hall–Kier alpha value is -2.67. The van der Waals surface area contributed by atoms with Crippen molar-refractivity contribution in [1.82, 2.24) is 9.88 Å². The maximum atomic E-state index is 13.1. The predicted octanol–water partition coefficient (Wildman–Crippen LogP) is 2.09. The summed E-state index contributed by atoms with van der Waals surface area (Å²) in [6.07, 6.45) is -0.325. The number of nitrogen functional groups attached to an aromatic ring is 1. The molecule has 6 nitrogen and oxygen atoms in total. The average molecular weight is 345 g/mol. The second kappa shape index (κ2) is 7.48. The molecule has 25 heavy (non-hydrogen) atoms. The minimum atomic E-state index is -0.403. The van der Waals surface area contributed by atoms with E-state index in [4.69, 9.17) is 15.2 Å². The summed E-state index contributed by atoms with van der Waals surface area (Å²) in [5.74, 6) is -0.260. The van der Waals surface area contributed by atoms with Gasteiger partial charge < -0.3 is 20.1 Å². The lowest BCUT2D eigenvalue weighted by atomic mass is 10.1. The van der Waals surface area contributed by atoms with Crippen LogP contribution in [0, 0.1) is 12.7 Å². The van der Waals surface area contributed by atoms with Crippen LogP contribution in [0.3, 0.4) is 0 Å². The number of aryl methyl sites for hydroxylation is 1. The summed E-state index contributed by atoms with van der Waals surface area (Å²) in [6.45, 7) is 2.97. The predicted molar refractivity (Wildman–Crippen MR) is 90.6 cm³/mol. The SMILES string of the molecule is Cc1cc(N)cc(C2CN(C(=O)COc3cccc(F)c3)CCO2)n1. The summed E-state index contributed by atoms with van der Waals surface area (Å²) >= 11 is 0. The number of nitrogens with two attached hydrogens (primary N) is 1. The molecule has 132 valence electrons. The number of benzene rings is 1. The lowest BCUT2D eigenvalue weighted by Crippen LogP contribution is -2.44. The number of halogens is 1. The van der Waals surface area contributed by atoms with Gasteiger partial charge in [-0.1, -0.05) is 6.07 Å². The maximum Gasteiger partial charge on any atom is 0.260 e. The first-order valence-corrected chi connectivity index (χ1v) is 8.03.